The highest BCUT2D eigenvalue weighted by molar-refractivity contribution is 6.10. The lowest BCUT2D eigenvalue weighted by Crippen LogP contribution is -2.46. The summed E-state index contributed by atoms with van der Waals surface area (Å²) in [5.41, 5.74) is 0.489. The van der Waals surface area contributed by atoms with Crippen molar-refractivity contribution in [3.05, 3.63) is 77.6 Å². The van der Waals surface area contributed by atoms with E-state index >= 15 is 0 Å². The number of nitrogens with one attached hydrogen (secondary N) is 2. The van der Waals surface area contributed by atoms with Gasteiger partial charge in [0.25, 0.3) is 5.91 Å². The van der Waals surface area contributed by atoms with E-state index in [0.29, 0.717) is 22.5 Å². The molecule has 1 aromatic carbocycles. The minimum atomic E-state index is -1.49. The molecule has 0 spiro atoms. The van der Waals surface area contributed by atoms with Crippen LogP contribution in [-0.4, -0.2) is 46.2 Å². The molecule has 0 saturated carbocycles. The van der Waals surface area contributed by atoms with Gasteiger partial charge in [-0.05, 0) is 35.9 Å². The number of pyridine rings is 2. The first-order valence-corrected chi connectivity index (χ1v) is 11.4. The van der Waals surface area contributed by atoms with Gasteiger partial charge in [0, 0.05) is 25.4 Å². The standard InChI is InChI=1S/C26H20FN5O5/c1-36-18-5-4-14-12-32(24(34)22(14)23(18)27)13-26(10-21(33)31-25(26)35)19-9-16-17(37-19)6-7-20(30-16)29-15-3-2-8-28-11-15/h2-9,11H,10,12-13H2,1H3,(H,29,30)(H,31,33,35)/t26-/m1/s1. The Morgan fingerprint density at radius 3 is 2.81 bits per heavy atom. The number of hydrogen-bond acceptors (Lipinski definition) is 8. The molecule has 186 valence electrons. The Kier molecular flexibility index (Phi) is 5.14. The first-order chi connectivity index (χ1) is 17.9. The van der Waals surface area contributed by atoms with E-state index in [1.807, 2.05) is 6.07 Å². The number of methoxy groups -OCH3 is 1. The molecule has 5 heterocycles. The van der Waals surface area contributed by atoms with Gasteiger partial charge in [-0.2, -0.15) is 0 Å². The Bertz CT molecular complexity index is 1590. The van der Waals surface area contributed by atoms with E-state index in [1.54, 1.807) is 42.7 Å². The Hall–Kier alpha value is -4.80. The number of halogens is 1. The number of aromatic nitrogens is 2. The Morgan fingerprint density at radius 2 is 2.08 bits per heavy atom. The van der Waals surface area contributed by atoms with E-state index in [9.17, 15) is 18.8 Å². The largest absolute Gasteiger partial charge is 0.494 e. The molecule has 2 aliphatic rings. The molecule has 1 atom stereocenters. The quantitative estimate of drug-likeness (QED) is 0.386. The zero-order chi connectivity index (χ0) is 25.7. The molecule has 10 nitrogen and oxygen atoms in total. The van der Waals surface area contributed by atoms with Crippen molar-refractivity contribution in [1.82, 2.24) is 20.2 Å². The summed E-state index contributed by atoms with van der Waals surface area (Å²) in [4.78, 5) is 48.7. The molecule has 2 N–H and O–H groups in total. The fourth-order valence-electron chi connectivity index (χ4n) is 4.87. The average Bonchev–Trinajstić information content (AvgIpc) is 3.54. The molecule has 0 radical (unpaired) electrons. The Morgan fingerprint density at radius 1 is 1.22 bits per heavy atom. The summed E-state index contributed by atoms with van der Waals surface area (Å²) < 4.78 is 25.9. The summed E-state index contributed by atoms with van der Waals surface area (Å²) in [6.45, 7) is -0.101. The van der Waals surface area contributed by atoms with Crippen LogP contribution >= 0.6 is 0 Å². The second kappa shape index (κ2) is 8.40. The molecule has 1 fully saturated rings. The molecular formula is C26H20FN5O5. The van der Waals surface area contributed by atoms with Gasteiger partial charge in [0.15, 0.2) is 17.1 Å². The van der Waals surface area contributed by atoms with Crippen molar-refractivity contribution >= 4 is 40.3 Å². The summed E-state index contributed by atoms with van der Waals surface area (Å²) in [6, 6.07) is 11.7. The molecule has 1 saturated heterocycles. The number of benzene rings is 1. The number of anilines is 2. The van der Waals surface area contributed by atoms with Crippen LogP contribution in [0, 0.1) is 5.82 Å². The van der Waals surface area contributed by atoms with Gasteiger partial charge in [0.1, 0.15) is 22.5 Å². The first kappa shape index (κ1) is 22.7. The topological polar surface area (TPSA) is 127 Å². The van der Waals surface area contributed by atoms with Crippen LogP contribution in [0.1, 0.15) is 28.1 Å². The molecular weight excluding hydrogens is 481 g/mol. The number of rotatable bonds is 6. The number of carbonyl (C=O) groups excluding carboxylic acids is 3. The lowest BCUT2D eigenvalue weighted by molar-refractivity contribution is -0.127. The van der Waals surface area contributed by atoms with E-state index in [0.717, 1.165) is 5.69 Å². The third-order valence-corrected chi connectivity index (χ3v) is 6.66. The van der Waals surface area contributed by atoms with Crippen LogP contribution in [0.4, 0.5) is 15.9 Å². The van der Waals surface area contributed by atoms with Gasteiger partial charge in [-0.3, -0.25) is 24.7 Å². The number of amides is 3. The van der Waals surface area contributed by atoms with Gasteiger partial charge in [0.05, 0.1) is 31.0 Å². The zero-order valence-electron chi connectivity index (χ0n) is 19.6. The third kappa shape index (κ3) is 3.66. The van der Waals surface area contributed by atoms with Crippen molar-refractivity contribution in [3.8, 4) is 5.75 Å². The van der Waals surface area contributed by atoms with E-state index in [1.165, 1.54) is 18.1 Å². The zero-order valence-corrected chi connectivity index (χ0v) is 19.6. The number of nitrogens with zero attached hydrogens (tertiary/aromatic N) is 3. The number of hydrogen-bond donors (Lipinski definition) is 2. The van der Waals surface area contributed by atoms with Crippen molar-refractivity contribution in [1.29, 1.82) is 0 Å². The van der Waals surface area contributed by atoms with Crippen LogP contribution in [0.3, 0.4) is 0 Å². The summed E-state index contributed by atoms with van der Waals surface area (Å²) in [7, 11) is 1.32. The van der Waals surface area contributed by atoms with Crippen LogP contribution in [0.15, 0.2) is 59.3 Å². The predicted molar refractivity (Wildman–Crippen MR) is 129 cm³/mol. The third-order valence-electron chi connectivity index (χ3n) is 6.66. The van der Waals surface area contributed by atoms with Crippen LogP contribution in [-0.2, 0) is 21.5 Å². The highest BCUT2D eigenvalue weighted by atomic mass is 19.1. The highest BCUT2D eigenvalue weighted by Gasteiger charge is 2.53. The fraction of sp³-hybridized carbons (Fsp3) is 0.192. The second-order valence-electron chi connectivity index (χ2n) is 8.97. The van der Waals surface area contributed by atoms with Crippen LogP contribution < -0.4 is 15.4 Å². The molecule has 0 aliphatic carbocycles. The van der Waals surface area contributed by atoms with Gasteiger partial charge in [-0.1, -0.05) is 6.07 Å². The molecule has 0 bridgehead atoms. The number of ether oxygens (including phenoxy) is 1. The molecule has 2 aliphatic heterocycles. The van der Waals surface area contributed by atoms with E-state index in [4.69, 9.17) is 9.15 Å². The average molecular weight is 501 g/mol. The van der Waals surface area contributed by atoms with Crippen LogP contribution in [0.25, 0.3) is 11.1 Å². The molecule has 3 amide bonds. The number of fused-ring (bicyclic) bond motifs is 2. The summed E-state index contributed by atoms with van der Waals surface area (Å²) in [5, 5.41) is 5.47. The van der Waals surface area contributed by atoms with Gasteiger partial charge in [-0.15, -0.1) is 0 Å². The van der Waals surface area contributed by atoms with Gasteiger partial charge < -0.3 is 19.4 Å². The predicted octanol–water partition coefficient (Wildman–Crippen LogP) is 3.05. The van der Waals surface area contributed by atoms with Crippen molar-refractivity contribution in [2.45, 2.75) is 18.4 Å². The normalized spacial score (nSPS) is 18.9. The van der Waals surface area contributed by atoms with Crippen molar-refractivity contribution in [2.24, 2.45) is 0 Å². The molecule has 6 rings (SSSR count). The molecule has 4 aromatic rings. The second-order valence-corrected chi connectivity index (χ2v) is 8.97. The monoisotopic (exact) mass is 501 g/mol. The smallest absolute Gasteiger partial charge is 0.257 e. The molecule has 11 heteroatoms. The SMILES string of the molecule is COc1ccc2c(c1F)C(=O)N(C[C@@]1(c3cc4nc(Nc5cccnc5)ccc4o3)CC(=O)NC1=O)C2. The maximum absolute atomic E-state index is 14.9. The van der Waals surface area contributed by atoms with Crippen molar-refractivity contribution in [3.63, 3.8) is 0 Å². The highest BCUT2D eigenvalue weighted by Crippen LogP contribution is 2.39. The van der Waals surface area contributed by atoms with E-state index in [-0.39, 0.29) is 36.6 Å². The minimum Gasteiger partial charge on any atom is -0.494 e. The van der Waals surface area contributed by atoms with Crippen molar-refractivity contribution < 1.29 is 27.9 Å². The maximum Gasteiger partial charge on any atom is 0.257 e. The first-order valence-electron chi connectivity index (χ1n) is 11.4. The molecule has 0 unspecified atom stereocenters. The minimum absolute atomic E-state index is 0.0449. The summed E-state index contributed by atoms with van der Waals surface area (Å²) in [6.07, 6.45) is 3.09. The summed E-state index contributed by atoms with van der Waals surface area (Å²) >= 11 is 0. The van der Waals surface area contributed by atoms with E-state index in [2.05, 4.69) is 20.6 Å². The maximum atomic E-state index is 14.9. The van der Waals surface area contributed by atoms with Crippen LogP contribution in [0.5, 0.6) is 5.75 Å². The number of carbonyl (C=O) groups is 3. The Labute approximate surface area is 209 Å². The number of furan rings is 1. The van der Waals surface area contributed by atoms with Crippen molar-refractivity contribution in [2.75, 3.05) is 19.0 Å². The van der Waals surface area contributed by atoms with E-state index < -0.39 is 29.0 Å². The van der Waals surface area contributed by atoms with Gasteiger partial charge in [-0.25, -0.2) is 9.37 Å². The van der Waals surface area contributed by atoms with Gasteiger partial charge >= 0.3 is 0 Å². The van der Waals surface area contributed by atoms with Crippen LogP contribution in [0.2, 0.25) is 0 Å². The fourth-order valence-corrected chi connectivity index (χ4v) is 4.87. The Balaban J connectivity index is 1.35. The van der Waals surface area contributed by atoms with Gasteiger partial charge in [0.2, 0.25) is 11.8 Å². The summed E-state index contributed by atoms with van der Waals surface area (Å²) in [5.74, 6) is -1.75. The lowest BCUT2D eigenvalue weighted by Gasteiger charge is -2.28. The molecule has 37 heavy (non-hydrogen) atoms. The number of imide groups is 1. The molecule has 3 aromatic heterocycles. The lowest BCUT2D eigenvalue weighted by atomic mass is 9.82.